The number of aryl methyl sites for hydroxylation is 2. The number of rotatable bonds is 5. The maximum absolute atomic E-state index is 12.6. The van der Waals surface area contributed by atoms with E-state index in [2.05, 4.69) is 27.0 Å². The Labute approximate surface area is 156 Å². The number of benzene rings is 1. The lowest BCUT2D eigenvalue weighted by Gasteiger charge is -2.21. The molecule has 0 atom stereocenters. The van der Waals surface area contributed by atoms with Crippen LogP contribution in [-0.2, 0) is 4.79 Å². The van der Waals surface area contributed by atoms with E-state index in [4.69, 9.17) is 4.74 Å². The van der Waals surface area contributed by atoms with Crippen molar-refractivity contribution < 1.29 is 9.53 Å². The number of likely N-dealkylation sites (N-methyl/N-ethyl adjacent to an activating group) is 1. The van der Waals surface area contributed by atoms with Crippen molar-refractivity contribution in [3.05, 3.63) is 51.1 Å². The standard InChI is InChI=1S/C19H20BrN3O2/c1-5-23(15-8-6-7-12(2)9-15)17(24)11-25-19-16(10-21)13(3)18(20)14(4)22-19/h6-9H,5,11H2,1-4H3. The summed E-state index contributed by atoms with van der Waals surface area (Å²) >= 11 is 3.41. The molecule has 0 unspecified atom stereocenters. The van der Waals surface area contributed by atoms with Crippen LogP contribution in [0.1, 0.15) is 29.3 Å². The highest BCUT2D eigenvalue weighted by molar-refractivity contribution is 9.10. The summed E-state index contributed by atoms with van der Waals surface area (Å²) in [5.74, 6) is 0.00589. The Bertz CT molecular complexity index is 843. The highest BCUT2D eigenvalue weighted by Crippen LogP contribution is 2.28. The Morgan fingerprint density at radius 1 is 1.36 bits per heavy atom. The molecule has 0 fully saturated rings. The van der Waals surface area contributed by atoms with Gasteiger partial charge in [-0.1, -0.05) is 12.1 Å². The summed E-state index contributed by atoms with van der Waals surface area (Å²) in [7, 11) is 0. The molecule has 0 spiro atoms. The van der Waals surface area contributed by atoms with Crippen molar-refractivity contribution in [3.8, 4) is 11.9 Å². The van der Waals surface area contributed by atoms with Gasteiger partial charge in [0.1, 0.15) is 11.6 Å². The fourth-order valence-electron chi connectivity index (χ4n) is 2.54. The van der Waals surface area contributed by atoms with Crippen molar-refractivity contribution in [1.82, 2.24) is 4.98 Å². The van der Waals surface area contributed by atoms with Crippen LogP contribution in [0.25, 0.3) is 0 Å². The van der Waals surface area contributed by atoms with E-state index in [1.807, 2.05) is 52.0 Å². The van der Waals surface area contributed by atoms with E-state index in [1.165, 1.54) is 0 Å². The lowest BCUT2D eigenvalue weighted by molar-refractivity contribution is -0.120. The number of pyridine rings is 1. The van der Waals surface area contributed by atoms with Crippen molar-refractivity contribution in [2.24, 2.45) is 0 Å². The van der Waals surface area contributed by atoms with Crippen molar-refractivity contribution in [2.75, 3.05) is 18.1 Å². The monoisotopic (exact) mass is 401 g/mol. The molecule has 0 saturated heterocycles. The van der Waals surface area contributed by atoms with Crippen LogP contribution in [0.2, 0.25) is 0 Å². The molecule has 1 aromatic heterocycles. The largest absolute Gasteiger partial charge is 0.467 e. The summed E-state index contributed by atoms with van der Waals surface area (Å²) in [4.78, 5) is 18.5. The molecule has 0 radical (unpaired) electrons. The fourth-order valence-corrected chi connectivity index (χ4v) is 2.83. The first kappa shape index (κ1) is 18.9. The van der Waals surface area contributed by atoms with Crippen molar-refractivity contribution in [1.29, 1.82) is 5.26 Å². The maximum Gasteiger partial charge on any atom is 0.264 e. The second-order valence-electron chi connectivity index (χ2n) is 5.69. The van der Waals surface area contributed by atoms with E-state index in [-0.39, 0.29) is 18.4 Å². The lowest BCUT2D eigenvalue weighted by Crippen LogP contribution is -2.35. The smallest absolute Gasteiger partial charge is 0.264 e. The number of hydrogen-bond donors (Lipinski definition) is 0. The summed E-state index contributed by atoms with van der Waals surface area (Å²) in [6.45, 7) is 7.88. The molecule has 1 amide bonds. The Morgan fingerprint density at radius 3 is 2.68 bits per heavy atom. The molecule has 1 heterocycles. The highest BCUT2D eigenvalue weighted by Gasteiger charge is 2.18. The number of hydrogen-bond acceptors (Lipinski definition) is 4. The number of carbonyl (C=O) groups is 1. The van der Waals surface area contributed by atoms with E-state index in [9.17, 15) is 10.1 Å². The van der Waals surface area contributed by atoms with Gasteiger partial charge in [-0.05, 0) is 66.9 Å². The Balaban J connectivity index is 2.21. The van der Waals surface area contributed by atoms with Gasteiger partial charge in [0, 0.05) is 16.7 Å². The lowest BCUT2D eigenvalue weighted by atomic mass is 10.1. The minimum atomic E-state index is -0.183. The third-order valence-electron chi connectivity index (χ3n) is 3.88. The molecule has 25 heavy (non-hydrogen) atoms. The topological polar surface area (TPSA) is 66.2 Å². The summed E-state index contributed by atoms with van der Waals surface area (Å²) in [5, 5.41) is 9.36. The molecule has 0 bridgehead atoms. The van der Waals surface area contributed by atoms with Crippen molar-refractivity contribution in [2.45, 2.75) is 27.7 Å². The maximum atomic E-state index is 12.6. The van der Waals surface area contributed by atoms with E-state index >= 15 is 0 Å². The van der Waals surface area contributed by atoms with Crippen LogP contribution in [0.15, 0.2) is 28.7 Å². The van der Waals surface area contributed by atoms with E-state index in [0.29, 0.717) is 17.8 Å². The molecular weight excluding hydrogens is 382 g/mol. The Hall–Kier alpha value is -2.39. The normalized spacial score (nSPS) is 10.2. The molecule has 2 aromatic rings. The van der Waals surface area contributed by atoms with Gasteiger partial charge in [-0.25, -0.2) is 4.98 Å². The minimum absolute atomic E-state index is 0.177. The molecule has 2 rings (SSSR count). The van der Waals surface area contributed by atoms with Crippen molar-refractivity contribution in [3.63, 3.8) is 0 Å². The first-order valence-electron chi connectivity index (χ1n) is 7.95. The molecule has 0 aliphatic rings. The van der Waals surface area contributed by atoms with Crippen LogP contribution in [0.5, 0.6) is 5.88 Å². The zero-order chi connectivity index (χ0) is 18.6. The second-order valence-corrected chi connectivity index (χ2v) is 6.49. The van der Waals surface area contributed by atoms with E-state index in [0.717, 1.165) is 21.3 Å². The molecule has 1 aromatic carbocycles. The number of anilines is 1. The molecule has 0 N–H and O–H groups in total. The Morgan fingerprint density at radius 2 is 2.08 bits per heavy atom. The van der Waals surface area contributed by atoms with Gasteiger partial charge in [0.15, 0.2) is 6.61 Å². The second kappa shape index (κ2) is 8.13. The average molecular weight is 402 g/mol. The minimum Gasteiger partial charge on any atom is -0.467 e. The first-order chi connectivity index (χ1) is 11.9. The molecule has 0 aliphatic heterocycles. The predicted octanol–water partition coefficient (Wildman–Crippen LogP) is 4.07. The van der Waals surface area contributed by atoms with Gasteiger partial charge in [-0.2, -0.15) is 5.26 Å². The number of carbonyl (C=O) groups excluding carboxylic acids is 1. The van der Waals surface area contributed by atoms with Crippen LogP contribution in [0, 0.1) is 32.1 Å². The van der Waals surface area contributed by atoms with Gasteiger partial charge in [0.05, 0.1) is 5.69 Å². The Kier molecular flexibility index (Phi) is 6.16. The zero-order valence-corrected chi connectivity index (χ0v) is 16.3. The van der Waals surface area contributed by atoms with Gasteiger partial charge in [-0.3, -0.25) is 4.79 Å². The first-order valence-corrected chi connectivity index (χ1v) is 8.75. The van der Waals surface area contributed by atoms with Crippen LogP contribution < -0.4 is 9.64 Å². The summed E-state index contributed by atoms with van der Waals surface area (Å²) in [5.41, 5.74) is 3.71. The summed E-state index contributed by atoms with van der Waals surface area (Å²) in [6.07, 6.45) is 0. The van der Waals surface area contributed by atoms with E-state index in [1.54, 1.807) is 4.90 Å². The van der Waals surface area contributed by atoms with Crippen LogP contribution >= 0.6 is 15.9 Å². The molecule has 0 saturated carbocycles. The summed E-state index contributed by atoms with van der Waals surface area (Å²) < 4.78 is 6.37. The van der Waals surface area contributed by atoms with Crippen LogP contribution in [0.3, 0.4) is 0 Å². The van der Waals surface area contributed by atoms with Crippen molar-refractivity contribution >= 4 is 27.5 Å². The van der Waals surface area contributed by atoms with Crippen LogP contribution in [0.4, 0.5) is 5.69 Å². The van der Waals surface area contributed by atoms with E-state index < -0.39 is 0 Å². The quantitative estimate of drug-likeness (QED) is 0.756. The number of amides is 1. The van der Waals surface area contributed by atoms with Gasteiger partial charge in [0.25, 0.3) is 5.91 Å². The summed E-state index contributed by atoms with van der Waals surface area (Å²) in [6, 6.07) is 9.83. The number of nitriles is 1. The molecule has 130 valence electrons. The SMILES string of the molecule is CCN(C(=O)COc1nc(C)c(Br)c(C)c1C#N)c1cccc(C)c1. The van der Waals surface area contributed by atoms with Gasteiger partial charge in [0.2, 0.25) is 5.88 Å². The number of ether oxygens (including phenoxy) is 1. The third-order valence-corrected chi connectivity index (χ3v) is 5.05. The molecule has 0 aliphatic carbocycles. The number of aromatic nitrogens is 1. The molecule has 6 heteroatoms. The fraction of sp³-hybridized carbons (Fsp3) is 0.316. The number of halogens is 1. The van der Waals surface area contributed by atoms with Gasteiger partial charge >= 0.3 is 0 Å². The average Bonchev–Trinajstić information content (AvgIpc) is 2.58. The number of nitrogens with zero attached hydrogens (tertiary/aromatic N) is 3. The van der Waals surface area contributed by atoms with Crippen LogP contribution in [-0.4, -0.2) is 24.0 Å². The molecular formula is C19H20BrN3O2. The zero-order valence-electron chi connectivity index (χ0n) is 14.8. The third kappa shape index (κ3) is 4.18. The predicted molar refractivity (Wildman–Crippen MR) is 101 cm³/mol. The molecule has 5 nitrogen and oxygen atoms in total. The van der Waals surface area contributed by atoms with Gasteiger partial charge < -0.3 is 9.64 Å². The highest BCUT2D eigenvalue weighted by atomic mass is 79.9. The van der Waals surface area contributed by atoms with Gasteiger partial charge in [-0.15, -0.1) is 0 Å².